The Morgan fingerprint density at radius 2 is 2.25 bits per heavy atom. The zero-order chi connectivity index (χ0) is 14.1. The summed E-state index contributed by atoms with van der Waals surface area (Å²) in [6.45, 7) is 0.0321. The lowest BCUT2D eigenvalue weighted by molar-refractivity contribution is 0.0691. The minimum atomic E-state index is -1.21. The first-order valence-electron chi connectivity index (χ1n) is 5.64. The number of benzene rings is 1. The van der Waals surface area contributed by atoms with Gasteiger partial charge in [-0.1, -0.05) is 5.21 Å². The molecule has 1 N–H and O–H groups in total. The van der Waals surface area contributed by atoms with Crippen LogP contribution in [0.5, 0.6) is 11.5 Å². The van der Waals surface area contributed by atoms with E-state index in [1.165, 1.54) is 4.68 Å². The van der Waals surface area contributed by atoms with E-state index in [-0.39, 0.29) is 24.7 Å². The summed E-state index contributed by atoms with van der Waals surface area (Å²) in [6, 6.07) is 6.90. The third-order valence-electron chi connectivity index (χ3n) is 2.80. The second-order valence-electron chi connectivity index (χ2n) is 3.98. The molecule has 0 bridgehead atoms. The molecule has 20 heavy (non-hydrogen) atoms. The summed E-state index contributed by atoms with van der Waals surface area (Å²) in [7, 11) is 0. The number of hydrogen-bond donors (Lipinski definition) is 1. The summed E-state index contributed by atoms with van der Waals surface area (Å²) < 4.78 is 11.7. The van der Waals surface area contributed by atoms with Gasteiger partial charge in [0.2, 0.25) is 6.79 Å². The summed E-state index contributed by atoms with van der Waals surface area (Å²) >= 11 is 0. The Balaban J connectivity index is 2.15. The Morgan fingerprint density at radius 3 is 3.00 bits per heavy atom. The third kappa shape index (κ3) is 1.81. The molecule has 0 amide bonds. The van der Waals surface area contributed by atoms with E-state index in [0.717, 1.165) is 0 Å². The number of aromatic nitrogens is 3. The van der Waals surface area contributed by atoms with E-state index < -0.39 is 5.97 Å². The third-order valence-corrected chi connectivity index (χ3v) is 2.80. The van der Waals surface area contributed by atoms with Gasteiger partial charge in [-0.2, -0.15) is 5.26 Å². The highest BCUT2D eigenvalue weighted by atomic mass is 16.7. The van der Waals surface area contributed by atoms with Gasteiger partial charge in [0.05, 0.1) is 6.07 Å². The average molecular weight is 272 g/mol. The molecule has 1 aliphatic heterocycles. The molecule has 0 unspecified atom stereocenters. The van der Waals surface area contributed by atoms with E-state index >= 15 is 0 Å². The average Bonchev–Trinajstić information content (AvgIpc) is 3.04. The highest BCUT2D eigenvalue weighted by molar-refractivity contribution is 5.92. The second kappa shape index (κ2) is 4.55. The van der Waals surface area contributed by atoms with Crippen LogP contribution in [0.25, 0.3) is 11.3 Å². The van der Waals surface area contributed by atoms with Gasteiger partial charge in [0.15, 0.2) is 17.2 Å². The van der Waals surface area contributed by atoms with Crippen LogP contribution in [0, 0.1) is 11.3 Å². The monoisotopic (exact) mass is 272 g/mol. The number of nitrogens with zero attached hydrogens (tertiary/aromatic N) is 4. The van der Waals surface area contributed by atoms with Gasteiger partial charge in [0.1, 0.15) is 12.2 Å². The minimum Gasteiger partial charge on any atom is -0.476 e. The number of rotatable bonds is 3. The maximum atomic E-state index is 11.2. The van der Waals surface area contributed by atoms with Gasteiger partial charge in [-0.05, 0) is 18.2 Å². The van der Waals surface area contributed by atoms with Crippen molar-refractivity contribution in [3.8, 4) is 28.8 Å². The molecule has 0 aliphatic carbocycles. The maximum absolute atomic E-state index is 11.2. The number of nitriles is 1. The molecule has 2 aromatic rings. The largest absolute Gasteiger partial charge is 0.476 e. The fourth-order valence-corrected chi connectivity index (χ4v) is 1.96. The number of hydrogen-bond acceptors (Lipinski definition) is 6. The van der Waals surface area contributed by atoms with E-state index in [9.17, 15) is 4.79 Å². The van der Waals surface area contributed by atoms with Crippen molar-refractivity contribution in [3.63, 3.8) is 0 Å². The van der Waals surface area contributed by atoms with Crippen LogP contribution in [-0.4, -0.2) is 32.9 Å². The van der Waals surface area contributed by atoms with Crippen molar-refractivity contribution in [2.75, 3.05) is 6.79 Å². The SMILES string of the molecule is N#CCn1nnc(C(=O)O)c1-c1ccc2c(c1)OCO2. The quantitative estimate of drug-likeness (QED) is 0.883. The Bertz CT molecular complexity index is 732. The minimum absolute atomic E-state index is 0.0932. The summed E-state index contributed by atoms with van der Waals surface area (Å²) in [4.78, 5) is 11.2. The molecule has 0 saturated carbocycles. The normalized spacial score (nSPS) is 12.2. The molecule has 8 nitrogen and oxygen atoms in total. The van der Waals surface area contributed by atoms with Gasteiger partial charge in [-0.25, -0.2) is 9.48 Å². The topological polar surface area (TPSA) is 110 Å². The van der Waals surface area contributed by atoms with Crippen LogP contribution in [0.15, 0.2) is 18.2 Å². The zero-order valence-corrected chi connectivity index (χ0v) is 10.1. The second-order valence-corrected chi connectivity index (χ2v) is 3.98. The van der Waals surface area contributed by atoms with Crippen LogP contribution >= 0.6 is 0 Å². The van der Waals surface area contributed by atoms with Crippen molar-refractivity contribution in [3.05, 3.63) is 23.9 Å². The standard InChI is InChI=1S/C12H8N4O4/c13-3-4-16-11(10(12(17)18)14-15-16)7-1-2-8-9(5-7)20-6-19-8/h1-2,5H,4,6H2,(H,17,18). The fourth-order valence-electron chi connectivity index (χ4n) is 1.96. The van der Waals surface area contributed by atoms with Crippen LogP contribution in [0.4, 0.5) is 0 Å². The van der Waals surface area contributed by atoms with Crippen molar-refractivity contribution in [1.82, 2.24) is 15.0 Å². The predicted molar refractivity (Wildman–Crippen MR) is 64.2 cm³/mol. The highest BCUT2D eigenvalue weighted by Crippen LogP contribution is 2.36. The smallest absolute Gasteiger partial charge is 0.358 e. The molecule has 1 aromatic heterocycles. The number of carbonyl (C=O) groups is 1. The fraction of sp³-hybridized carbons (Fsp3) is 0.167. The molecule has 0 saturated heterocycles. The van der Waals surface area contributed by atoms with Gasteiger partial charge in [0, 0.05) is 5.56 Å². The number of carboxylic acids is 1. The van der Waals surface area contributed by atoms with E-state index in [4.69, 9.17) is 19.8 Å². The lowest BCUT2D eigenvalue weighted by Crippen LogP contribution is -2.04. The Labute approximate surface area is 112 Å². The lowest BCUT2D eigenvalue weighted by atomic mass is 10.1. The van der Waals surface area contributed by atoms with Crippen molar-refractivity contribution < 1.29 is 19.4 Å². The molecular formula is C12H8N4O4. The van der Waals surface area contributed by atoms with E-state index in [1.807, 2.05) is 6.07 Å². The van der Waals surface area contributed by atoms with Gasteiger partial charge < -0.3 is 14.6 Å². The predicted octanol–water partition coefficient (Wildman–Crippen LogP) is 0.896. The number of aromatic carboxylic acids is 1. The van der Waals surface area contributed by atoms with Crippen LogP contribution in [0.2, 0.25) is 0 Å². The Hall–Kier alpha value is -3.08. The lowest BCUT2D eigenvalue weighted by Gasteiger charge is -2.05. The summed E-state index contributed by atoms with van der Waals surface area (Å²) in [5.74, 6) is -0.102. The molecule has 2 heterocycles. The number of fused-ring (bicyclic) bond motifs is 1. The molecule has 1 aliphatic rings. The molecule has 100 valence electrons. The summed E-state index contributed by atoms with van der Waals surface area (Å²) in [5, 5.41) is 25.2. The van der Waals surface area contributed by atoms with Crippen LogP contribution in [0.1, 0.15) is 10.5 Å². The van der Waals surface area contributed by atoms with E-state index in [1.54, 1.807) is 18.2 Å². The van der Waals surface area contributed by atoms with Crippen molar-refractivity contribution in [1.29, 1.82) is 5.26 Å². The first-order chi connectivity index (χ1) is 9.70. The molecule has 0 atom stereocenters. The first kappa shape index (κ1) is 12.0. The summed E-state index contributed by atoms with van der Waals surface area (Å²) in [5.41, 5.74) is 0.600. The Kier molecular flexibility index (Phi) is 2.72. The molecule has 0 fully saturated rings. The Morgan fingerprint density at radius 1 is 1.45 bits per heavy atom. The van der Waals surface area contributed by atoms with Gasteiger partial charge >= 0.3 is 5.97 Å². The van der Waals surface area contributed by atoms with Gasteiger partial charge in [-0.3, -0.25) is 0 Å². The maximum Gasteiger partial charge on any atom is 0.358 e. The van der Waals surface area contributed by atoms with Crippen LogP contribution in [-0.2, 0) is 6.54 Å². The van der Waals surface area contributed by atoms with Crippen molar-refractivity contribution in [2.24, 2.45) is 0 Å². The van der Waals surface area contributed by atoms with Gasteiger partial charge in [-0.15, -0.1) is 5.10 Å². The molecule has 3 rings (SSSR count). The number of ether oxygens (including phenoxy) is 2. The van der Waals surface area contributed by atoms with E-state index in [2.05, 4.69) is 10.3 Å². The first-order valence-corrected chi connectivity index (χ1v) is 5.64. The van der Waals surface area contributed by atoms with Crippen LogP contribution in [0.3, 0.4) is 0 Å². The molecule has 0 radical (unpaired) electrons. The molecule has 1 aromatic carbocycles. The highest BCUT2D eigenvalue weighted by Gasteiger charge is 2.23. The number of carboxylic acid groups (broad SMARTS) is 1. The molecular weight excluding hydrogens is 264 g/mol. The van der Waals surface area contributed by atoms with Crippen molar-refractivity contribution >= 4 is 5.97 Å². The van der Waals surface area contributed by atoms with Crippen molar-refractivity contribution in [2.45, 2.75) is 6.54 Å². The molecule has 8 heteroatoms. The van der Waals surface area contributed by atoms with Gasteiger partial charge in [0.25, 0.3) is 0 Å². The van der Waals surface area contributed by atoms with E-state index in [0.29, 0.717) is 17.1 Å². The summed E-state index contributed by atoms with van der Waals surface area (Å²) in [6.07, 6.45) is 0. The van der Waals surface area contributed by atoms with Crippen LogP contribution < -0.4 is 9.47 Å². The molecule has 0 spiro atoms. The zero-order valence-electron chi connectivity index (χ0n) is 10.1.